The number of ether oxygens (including phenoxy) is 4. The summed E-state index contributed by atoms with van der Waals surface area (Å²) in [6.45, 7) is 0.878. The Kier molecular flexibility index (Phi) is 6.59. The van der Waals surface area contributed by atoms with Crippen molar-refractivity contribution in [3.8, 4) is 17.2 Å². The highest BCUT2D eigenvalue weighted by molar-refractivity contribution is 6.03. The van der Waals surface area contributed by atoms with Crippen molar-refractivity contribution in [3.63, 3.8) is 0 Å². The number of carbonyl (C=O) groups is 2. The Balaban J connectivity index is 1.42. The summed E-state index contributed by atoms with van der Waals surface area (Å²) in [6.07, 6.45) is 2.28. The van der Waals surface area contributed by atoms with E-state index in [-0.39, 0.29) is 37.1 Å². The number of hydrogen-bond acceptors (Lipinski definition) is 7. The third-order valence-corrected chi connectivity index (χ3v) is 6.50. The first kappa shape index (κ1) is 23.2. The molecule has 2 heterocycles. The average Bonchev–Trinajstić information content (AvgIpc) is 3.46. The minimum atomic E-state index is -0.325. The van der Waals surface area contributed by atoms with Crippen molar-refractivity contribution < 1.29 is 28.5 Å². The van der Waals surface area contributed by atoms with Crippen molar-refractivity contribution in [3.05, 3.63) is 53.6 Å². The van der Waals surface area contributed by atoms with Crippen LogP contribution in [0.2, 0.25) is 0 Å². The van der Waals surface area contributed by atoms with Crippen molar-refractivity contribution in [2.75, 3.05) is 40.7 Å². The summed E-state index contributed by atoms with van der Waals surface area (Å²) in [5.74, 6) is 1.87. The fourth-order valence-corrected chi connectivity index (χ4v) is 4.37. The number of carbonyl (C=O) groups excluding carboxylic acids is 2. The second kappa shape index (κ2) is 9.95. The highest BCUT2D eigenvalue weighted by atomic mass is 16.7. The lowest BCUT2D eigenvalue weighted by atomic mass is 9.98. The highest BCUT2D eigenvalue weighted by Crippen LogP contribution is 2.39. The van der Waals surface area contributed by atoms with Crippen LogP contribution in [0.3, 0.4) is 0 Å². The topological polar surface area (TPSA) is 89.9 Å². The van der Waals surface area contributed by atoms with Gasteiger partial charge in [0, 0.05) is 26.0 Å². The Bertz CT molecular complexity index is 1130. The smallest absolute Gasteiger partial charge is 0.262 e. The molecular weight excluding hydrogens is 450 g/mol. The van der Waals surface area contributed by atoms with E-state index in [0.29, 0.717) is 31.1 Å². The number of nitrogens with zero attached hydrogens (tertiary/aromatic N) is 3. The molecule has 2 amide bonds. The van der Waals surface area contributed by atoms with Gasteiger partial charge in [-0.15, -0.1) is 0 Å². The first-order valence-electron chi connectivity index (χ1n) is 11.8. The minimum Gasteiger partial charge on any atom is -0.497 e. The van der Waals surface area contributed by atoms with Crippen molar-refractivity contribution in [2.24, 2.45) is 11.0 Å². The predicted octanol–water partition coefficient (Wildman–Crippen LogP) is 2.99. The Labute approximate surface area is 204 Å². The van der Waals surface area contributed by atoms with E-state index in [4.69, 9.17) is 24.0 Å². The van der Waals surface area contributed by atoms with Gasteiger partial charge in [-0.1, -0.05) is 6.07 Å². The number of amides is 2. The summed E-state index contributed by atoms with van der Waals surface area (Å²) in [5, 5.41) is 6.25. The molecule has 1 aliphatic carbocycles. The molecular formula is C26H29N3O6. The zero-order valence-corrected chi connectivity index (χ0v) is 19.9. The molecule has 0 radical (unpaired) electrons. The largest absolute Gasteiger partial charge is 0.497 e. The van der Waals surface area contributed by atoms with Crippen molar-refractivity contribution >= 4 is 17.5 Å². The van der Waals surface area contributed by atoms with E-state index in [1.807, 2.05) is 42.5 Å². The maximum Gasteiger partial charge on any atom is 0.262 e. The molecule has 184 valence electrons. The third-order valence-electron chi connectivity index (χ3n) is 6.50. The second-order valence-electron chi connectivity index (χ2n) is 8.87. The van der Waals surface area contributed by atoms with Gasteiger partial charge in [-0.25, -0.2) is 5.01 Å². The Morgan fingerprint density at radius 3 is 2.57 bits per heavy atom. The Morgan fingerprint density at radius 1 is 1.09 bits per heavy atom. The quantitative estimate of drug-likeness (QED) is 0.549. The normalized spacial score (nSPS) is 18.4. The van der Waals surface area contributed by atoms with E-state index >= 15 is 0 Å². The predicted molar refractivity (Wildman–Crippen MR) is 127 cm³/mol. The van der Waals surface area contributed by atoms with Crippen LogP contribution in [0.25, 0.3) is 0 Å². The van der Waals surface area contributed by atoms with E-state index in [9.17, 15) is 9.59 Å². The lowest BCUT2D eigenvalue weighted by Gasteiger charge is -2.27. The van der Waals surface area contributed by atoms with E-state index < -0.39 is 0 Å². The molecule has 2 aromatic rings. The summed E-state index contributed by atoms with van der Waals surface area (Å²) in [5.41, 5.74) is 2.60. The Hall–Kier alpha value is -3.59. The average molecular weight is 480 g/mol. The molecule has 0 N–H and O–H groups in total. The molecule has 1 atom stereocenters. The molecule has 1 saturated carbocycles. The molecule has 0 unspecified atom stereocenters. The van der Waals surface area contributed by atoms with Gasteiger partial charge in [-0.2, -0.15) is 5.10 Å². The van der Waals surface area contributed by atoms with Crippen LogP contribution in [0.4, 0.5) is 0 Å². The van der Waals surface area contributed by atoms with Crippen molar-refractivity contribution in [1.29, 1.82) is 0 Å². The minimum absolute atomic E-state index is 0.00795. The van der Waals surface area contributed by atoms with Gasteiger partial charge < -0.3 is 23.8 Å². The number of rotatable bonds is 9. The third kappa shape index (κ3) is 4.95. The standard InChI is InChI=1S/C26H29N3O6/c1-32-12-11-28(26(31)18-3-4-18)15-25(30)29-22(19-7-10-23-24(13-19)35-16-34-23)14-21(27-29)17-5-8-20(33-2)9-6-17/h5-10,13,18,22H,3-4,11-12,14-16H2,1-2H3/t22-/m0/s1. The van der Waals surface area contributed by atoms with Crippen LogP contribution in [-0.2, 0) is 14.3 Å². The van der Waals surface area contributed by atoms with Crippen LogP contribution >= 0.6 is 0 Å². The molecule has 0 bridgehead atoms. The van der Waals surface area contributed by atoms with Gasteiger partial charge in [-0.05, 0) is 60.4 Å². The Morgan fingerprint density at radius 2 is 1.86 bits per heavy atom. The molecule has 3 aliphatic rings. The molecule has 2 aromatic carbocycles. The van der Waals surface area contributed by atoms with Crippen molar-refractivity contribution in [1.82, 2.24) is 9.91 Å². The molecule has 1 fully saturated rings. The van der Waals surface area contributed by atoms with Gasteiger partial charge in [0.2, 0.25) is 12.7 Å². The number of benzene rings is 2. The molecule has 2 aliphatic heterocycles. The van der Waals surface area contributed by atoms with E-state index in [0.717, 1.165) is 35.4 Å². The molecule has 9 heteroatoms. The van der Waals surface area contributed by atoms with Gasteiger partial charge in [0.05, 0.1) is 25.5 Å². The summed E-state index contributed by atoms with van der Waals surface area (Å²) in [6, 6.07) is 13.0. The first-order valence-corrected chi connectivity index (χ1v) is 11.8. The van der Waals surface area contributed by atoms with Gasteiger partial charge in [-0.3, -0.25) is 9.59 Å². The van der Waals surface area contributed by atoms with Crippen LogP contribution in [0.15, 0.2) is 47.6 Å². The molecule has 5 rings (SSSR count). The lowest BCUT2D eigenvalue weighted by molar-refractivity contribution is -0.142. The highest BCUT2D eigenvalue weighted by Gasteiger charge is 2.38. The zero-order valence-electron chi connectivity index (χ0n) is 19.9. The molecule has 0 spiro atoms. The van der Waals surface area contributed by atoms with Crippen molar-refractivity contribution in [2.45, 2.75) is 25.3 Å². The van der Waals surface area contributed by atoms with Crippen LogP contribution < -0.4 is 14.2 Å². The van der Waals surface area contributed by atoms with E-state index in [2.05, 4.69) is 0 Å². The van der Waals surface area contributed by atoms with Gasteiger partial charge in [0.25, 0.3) is 5.91 Å². The molecule has 35 heavy (non-hydrogen) atoms. The fraction of sp³-hybridized carbons (Fsp3) is 0.423. The number of hydrogen-bond donors (Lipinski definition) is 0. The lowest BCUT2D eigenvalue weighted by Crippen LogP contribution is -2.43. The van der Waals surface area contributed by atoms with Gasteiger partial charge >= 0.3 is 0 Å². The second-order valence-corrected chi connectivity index (χ2v) is 8.87. The van der Waals surface area contributed by atoms with E-state index in [1.165, 1.54) is 5.01 Å². The summed E-state index contributed by atoms with van der Waals surface area (Å²) >= 11 is 0. The monoisotopic (exact) mass is 479 g/mol. The van der Waals surface area contributed by atoms with Gasteiger partial charge in [0.15, 0.2) is 11.5 Å². The maximum atomic E-state index is 13.6. The summed E-state index contributed by atoms with van der Waals surface area (Å²) in [7, 11) is 3.21. The number of fused-ring (bicyclic) bond motifs is 1. The maximum absolute atomic E-state index is 13.6. The molecule has 0 saturated heterocycles. The van der Waals surface area contributed by atoms with Crippen LogP contribution in [0, 0.1) is 5.92 Å². The van der Waals surface area contributed by atoms with Crippen LogP contribution in [0.1, 0.15) is 36.4 Å². The SMILES string of the molecule is COCCN(CC(=O)N1N=C(c2ccc(OC)cc2)C[C@H]1c1ccc2c(c1)OCO2)C(=O)C1CC1. The molecule has 9 nitrogen and oxygen atoms in total. The summed E-state index contributed by atoms with van der Waals surface area (Å²) < 4.78 is 21.5. The van der Waals surface area contributed by atoms with Crippen LogP contribution in [-0.4, -0.2) is 68.1 Å². The van der Waals surface area contributed by atoms with Gasteiger partial charge in [0.1, 0.15) is 12.3 Å². The number of hydrazone groups is 1. The fourth-order valence-electron chi connectivity index (χ4n) is 4.37. The first-order chi connectivity index (χ1) is 17.1. The van der Waals surface area contributed by atoms with Crippen LogP contribution in [0.5, 0.6) is 17.2 Å². The molecule has 0 aromatic heterocycles. The zero-order chi connectivity index (χ0) is 24.4. The van der Waals surface area contributed by atoms with E-state index in [1.54, 1.807) is 19.1 Å². The summed E-state index contributed by atoms with van der Waals surface area (Å²) in [4.78, 5) is 28.0. The number of methoxy groups -OCH3 is 2.